The zero-order valence-electron chi connectivity index (χ0n) is 24.3. The Bertz CT molecular complexity index is 1370. The number of nitrogens with zero attached hydrogens (tertiary/aromatic N) is 1. The zero-order valence-corrected chi connectivity index (χ0v) is 25.1. The molecule has 1 spiro atoms. The number of hydrogen-bond donors (Lipinski definition) is 3. The molecule has 6 rings (SSSR count). The van der Waals surface area contributed by atoms with E-state index in [1.165, 1.54) is 0 Å². The predicted octanol–water partition coefficient (Wildman–Crippen LogP) is 6.78. The maximum atomic E-state index is 14.2. The van der Waals surface area contributed by atoms with Gasteiger partial charge in [0.25, 0.3) is 0 Å². The molecule has 3 N–H and O–H groups in total. The van der Waals surface area contributed by atoms with Crippen molar-refractivity contribution in [2.75, 3.05) is 5.32 Å². The van der Waals surface area contributed by atoms with Gasteiger partial charge in [-0.2, -0.15) is 0 Å². The number of aliphatic hydroxyl groups is 1. The van der Waals surface area contributed by atoms with Crippen molar-refractivity contribution in [3.8, 4) is 6.57 Å². The summed E-state index contributed by atoms with van der Waals surface area (Å²) < 4.78 is 0. The molecule has 2 aliphatic heterocycles. The second kappa shape index (κ2) is 14.1. The molecule has 1 aliphatic carbocycles. The molecule has 1 saturated carbocycles. The van der Waals surface area contributed by atoms with E-state index in [0.29, 0.717) is 17.9 Å². The number of rotatable bonds is 6. The van der Waals surface area contributed by atoms with Crippen LogP contribution in [-0.2, 0) is 21.4 Å². The van der Waals surface area contributed by atoms with Crippen LogP contribution >= 0.6 is 11.6 Å². The van der Waals surface area contributed by atoms with Crippen LogP contribution in [0.4, 0.5) is 5.69 Å². The second-order valence-corrected chi connectivity index (χ2v) is 11.6. The largest absolute Gasteiger partial charge is 0.393 e. The zero-order chi connectivity index (χ0) is 30.3. The third kappa shape index (κ3) is 6.01. The fourth-order valence-electron chi connectivity index (χ4n) is 7.12. The molecule has 42 heavy (non-hydrogen) atoms. The van der Waals surface area contributed by atoms with E-state index >= 15 is 0 Å². The summed E-state index contributed by atoms with van der Waals surface area (Å²) >= 11 is 6.34. The van der Waals surface area contributed by atoms with Crippen molar-refractivity contribution < 1.29 is 14.7 Å². The lowest BCUT2D eigenvalue weighted by Gasteiger charge is -2.35. The molecule has 4 unspecified atom stereocenters. The summed E-state index contributed by atoms with van der Waals surface area (Å²) in [7, 11) is 0. The van der Waals surface area contributed by atoms with E-state index in [9.17, 15) is 14.7 Å². The van der Waals surface area contributed by atoms with Crippen LogP contribution in [-0.4, -0.2) is 28.9 Å². The molecule has 3 aliphatic rings. The molecule has 3 aromatic rings. The highest BCUT2D eigenvalue weighted by Crippen LogP contribution is 2.57. The normalized spacial score (nSPS) is 27.6. The monoisotopic (exact) mass is 585 g/mol. The number of anilines is 1. The number of carbonyl (C=O) groups is 2. The Hall–Kier alpha value is -3.50. The Labute approximate surface area is 254 Å². The summed E-state index contributed by atoms with van der Waals surface area (Å²) in [6.45, 7) is 7.50. The first-order valence-electron chi connectivity index (χ1n) is 14.9. The van der Waals surface area contributed by atoms with Crippen LogP contribution in [0.5, 0.6) is 0 Å². The first-order chi connectivity index (χ1) is 20.5. The number of carbonyl (C=O) groups excluding carboxylic acids is 2. The lowest BCUT2D eigenvalue weighted by molar-refractivity contribution is -0.124. The van der Waals surface area contributed by atoms with Gasteiger partial charge in [0, 0.05) is 29.6 Å². The number of nitrogens with one attached hydrogen (secondary N) is 2. The van der Waals surface area contributed by atoms with E-state index in [0.717, 1.165) is 48.1 Å². The number of hydrogen-bond acceptors (Lipinski definition) is 5. The molecule has 0 aromatic heterocycles. The van der Waals surface area contributed by atoms with Crippen LogP contribution in [0.3, 0.4) is 0 Å². The molecular weight excluding hydrogens is 546 g/mol. The lowest BCUT2D eigenvalue weighted by atomic mass is 9.63. The smallest absolute Gasteiger partial charge is 0.237 e. The number of Topliss-reactive ketones (excluding diaryl/α,β-unsaturated/α-hetero) is 1. The maximum absolute atomic E-state index is 14.2. The second-order valence-electron chi connectivity index (χ2n) is 11.1. The SMILES string of the molecule is C#N.CC.O=C(CC1CCC(O)CC1)C1NC(c2ccccc2)C2(C(=O)Nc3cc(Cl)ccc32)C1Cc1ccccc1. The molecule has 0 bridgehead atoms. The summed E-state index contributed by atoms with van der Waals surface area (Å²) in [5.74, 6) is 0.0352. The van der Waals surface area contributed by atoms with Gasteiger partial charge in [-0.05, 0) is 66.8 Å². The van der Waals surface area contributed by atoms with Crippen LogP contribution in [0.2, 0.25) is 5.02 Å². The third-order valence-electron chi connectivity index (χ3n) is 8.92. The highest BCUT2D eigenvalue weighted by Gasteiger charge is 2.65. The summed E-state index contributed by atoms with van der Waals surface area (Å²) in [4.78, 5) is 28.3. The maximum Gasteiger partial charge on any atom is 0.237 e. The Balaban J connectivity index is 0.000000972. The van der Waals surface area contributed by atoms with E-state index in [2.05, 4.69) is 29.3 Å². The van der Waals surface area contributed by atoms with Gasteiger partial charge >= 0.3 is 0 Å². The quantitative estimate of drug-likeness (QED) is 0.296. The number of halogens is 1. The fourth-order valence-corrected chi connectivity index (χ4v) is 7.29. The van der Waals surface area contributed by atoms with Crippen LogP contribution in [0.15, 0.2) is 78.9 Å². The van der Waals surface area contributed by atoms with Gasteiger partial charge in [-0.25, -0.2) is 5.26 Å². The molecule has 0 radical (unpaired) electrons. The molecule has 220 valence electrons. The van der Waals surface area contributed by atoms with Crippen molar-refractivity contribution in [3.05, 3.63) is 101 Å². The van der Waals surface area contributed by atoms with Crippen molar-refractivity contribution >= 4 is 29.0 Å². The minimum absolute atomic E-state index is 0.0897. The van der Waals surface area contributed by atoms with Crippen molar-refractivity contribution in [3.63, 3.8) is 0 Å². The average molecular weight is 586 g/mol. The fraction of sp³-hybridized carbons (Fsp3) is 0.400. The van der Waals surface area contributed by atoms with Gasteiger partial charge in [0.15, 0.2) is 0 Å². The van der Waals surface area contributed by atoms with Crippen LogP contribution in [0.25, 0.3) is 0 Å². The summed E-state index contributed by atoms with van der Waals surface area (Å²) in [6.07, 6.45) is 4.01. The molecule has 6 nitrogen and oxygen atoms in total. The Morgan fingerprint density at radius 1 is 0.976 bits per heavy atom. The van der Waals surface area contributed by atoms with E-state index in [1.807, 2.05) is 80.6 Å². The summed E-state index contributed by atoms with van der Waals surface area (Å²) in [5.41, 5.74) is 2.73. The third-order valence-corrected chi connectivity index (χ3v) is 9.16. The van der Waals surface area contributed by atoms with Crippen molar-refractivity contribution in [1.82, 2.24) is 5.32 Å². The van der Waals surface area contributed by atoms with Gasteiger partial charge in [0.2, 0.25) is 5.91 Å². The minimum Gasteiger partial charge on any atom is -0.393 e. The highest BCUT2D eigenvalue weighted by atomic mass is 35.5. The summed E-state index contributed by atoms with van der Waals surface area (Å²) in [6, 6.07) is 24.9. The van der Waals surface area contributed by atoms with Gasteiger partial charge < -0.3 is 10.4 Å². The number of amides is 1. The standard InChI is InChI=1S/C32H33ClN2O3.C2H6.CHN/c33-23-13-16-25-27(19-23)34-31(38)32(25)26(17-20-7-3-1-4-8-20)29(35-30(32)22-9-5-2-6-10-22)28(37)18-21-11-14-24(36)15-12-21;2*1-2/h1-10,13,16,19,21,24,26,29-30,35-36H,11-12,14-15,17-18H2,(H,34,38);1-2H3;1H. The van der Waals surface area contributed by atoms with Gasteiger partial charge in [-0.3, -0.25) is 14.9 Å². The van der Waals surface area contributed by atoms with Crippen LogP contribution in [0.1, 0.15) is 68.7 Å². The number of aliphatic hydroxyl groups excluding tert-OH is 1. The van der Waals surface area contributed by atoms with Crippen LogP contribution < -0.4 is 10.6 Å². The molecule has 3 aromatic carbocycles. The Kier molecular flexibility index (Phi) is 10.6. The van der Waals surface area contributed by atoms with Crippen LogP contribution in [0, 0.1) is 23.7 Å². The number of fused-ring (bicyclic) bond motifs is 2. The van der Waals surface area contributed by atoms with Gasteiger partial charge in [-0.1, -0.05) is 92.2 Å². The highest BCUT2D eigenvalue weighted by molar-refractivity contribution is 6.31. The molecule has 2 fully saturated rings. The molecular formula is C35H40ClN3O3. The number of ketones is 1. The topological polar surface area (TPSA) is 102 Å². The molecule has 1 saturated heterocycles. The van der Waals surface area contributed by atoms with E-state index in [1.54, 1.807) is 0 Å². The van der Waals surface area contributed by atoms with Gasteiger partial charge in [0.1, 0.15) is 11.2 Å². The predicted molar refractivity (Wildman–Crippen MR) is 167 cm³/mol. The minimum atomic E-state index is -0.972. The first-order valence-corrected chi connectivity index (χ1v) is 15.3. The molecule has 7 heteroatoms. The Morgan fingerprint density at radius 3 is 2.24 bits per heavy atom. The molecule has 1 amide bonds. The summed E-state index contributed by atoms with van der Waals surface area (Å²) in [5, 5.41) is 23.9. The molecule has 4 atom stereocenters. The molecule has 2 heterocycles. The van der Waals surface area contributed by atoms with E-state index in [4.69, 9.17) is 16.9 Å². The van der Waals surface area contributed by atoms with Crippen molar-refractivity contribution in [2.24, 2.45) is 11.8 Å². The van der Waals surface area contributed by atoms with Gasteiger partial charge in [-0.15, -0.1) is 0 Å². The Morgan fingerprint density at radius 2 is 1.60 bits per heavy atom. The van der Waals surface area contributed by atoms with Crippen molar-refractivity contribution in [2.45, 2.75) is 76.0 Å². The number of nitriles is 1. The van der Waals surface area contributed by atoms with Crippen molar-refractivity contribution in [1.29, 1.82) is 5.26 Å². The number of benzene rings is 3. The van der Waals surface area contributed by atoms with E-state index in [-0.39, 0.29) is 35.7 Å². The average Bonchev–Trinajstić information content (AvgIpc) is 3.51. The first kappa shape index (κ1) is 31.4. The van der Waals surface area contributed by atoms with Gasteiger partial charge in [0.05, 0.1) is 18.2 Å². The lowest BCUT2D eigenvalue weighted by Crippen LogP contribution is -2.46. The van der Waals surface area contributed by atoms with E-state index < -0.39 is 11.5 Å².